The van der Waals surface area contributed by atoms with Crippen LogP contribution in [0, 0.1) is 0 Å². The normalized spacial score (nSPS) is 18.3. The van der Waals surface area contributed by atoms with Gasteiger partial charge in [0.15, 0.2) is 11.5 Å². The van der Waals surface area contributed by atoms with Crippen molar-refractivity contribution < 1.29 is 9.47 Å². The molecule has 2 rings (SSSR count). The number of fused-ring (bicyclic) bond motifs is 1. The first kappa shape index (κ1) is 14.2. The zero-order chi connectivity index (χ0) is 13.8. The lowest BCUT2D eigenvalue weighted by molar-refractivity contribution is 0.204. The molecule has 0 bridgehead atoms. The number of hydrogen-bond acceptors (Lipinski definition) is 4. The van der Waals surface area contributed by atoms with E-state index < -0.39 is 0 Å². The molecule has 0 aliphatic carbocycles. The van der Waals surface area contributed by atoms with Gasteiger partial charge < -0.3 is 14.8 Å². The van der Waals surface area contributed by atoms with E-state index in [9.17, 15) is 0 Å². The lowest BCUT2D eigenvalue weighted by Gasteiger charge is -2.35. The maximum Gasteiger partial charge on any atom is 0.161 e. The van der Waals surface area contributed by atoms with Crippen molar-refractivity contribution in [3.05, 3.63) is 23.3 Å². The molecule has 0 fully saturated rings. The van der Waals surface area contributed by atoms with Crippen LogP contribution in [0.2, 0.25) is 0 Å². The van der Waals surface area contributed by atoms with Gasteiger partial charge in [0.05, 0.1) is 14.2 Å². The molecule has 4 nitrogen and oxygen atoms in total. The highest BCUT2D eigenvalue weighted by molar-refractivity contribution is 5.49. The molecular formula is C15H24N2O2. The van der Waals surface area contributed by atoms with E-state index in [1.807, 2.05) is 0 Å². The third-order valence-electron chi connectivity index (χ3n) is 3.91. The van der Waals surface area contributed by atoms with Crippen molar-refractivity contribution >= 4 is 0 Å². The lowest BCUT2D eigenvalue weighted by Crippen LogP contribution is -2.39. The summed E-state index contributed by atoms with van der Waals surface area (Å²) in [5, 5.41) is 3.49. The highest BCUT2D eigenvalue weighted by Gasteiger charge is 2.26. The van der Waals surface area contributed by atoms with Crippen molar-refractivity contribution in [3.63, 3.8) is 0 Å². The zero-order valence-corrected chi connectivity index (χ0v) is 12.3. The predicted molar refractivity (Wildman–Crippen MR) is 76.9 cm³/mol. The summed E-state index contributed by atoms with van der Waals surface area (Å²) in [5.41, 5.74) is 2.67. The molecular weight excluding hydrogens is 240 g/mol. The Morgan fingerprint density at radius 2 is 1.79 bits per heavy atom. The molecule has 1 aromatic carbocycles. The Bertz CT molecular complexity index is 430. The molecule has 1 heterocycles. The lowest BCUT2D eigenvalue weighted by atomic mass is 9.94. The molecule has 1 atom stereocenters. The van der Waals surface area contributed by atoms with Crippen molar-refractivity contribution in [1.29, 1.82) is 0 Å². The number of ether oxygens (including phenoxy) is 2. The third-order valence-corrected chi connectivity index (χ3v) is 3.91. The fourth-order valence-corrected chi connectivity index (χ4v) is 2.84. The Balaban J connectivity index is 2.42. The SMILES string of the molecule is CCN(CC)[C@@H]1CNCc2cc(OC)c(OC)cc21. The fourth-order valence-electron chi connectivity index (χ4n) is 2.84. The molecule has 0 radical (unpaired) electrons. The minimum Gasteiger partial charge on any atom is -0.493 e. The van der Waals surface area contributed by atoms with Gasteiger partial charge in [0.2, 0.25) is 0 Å². The Hall–Kier alpha value is -1.26. The number of methoxy groups -OCH3 is 2. The van der Waals surface area contributed by atoms with E-state index in [1.165, 1.54) is 11.1 Å². The van der Waals surface area contributed by atoms with E-state index in [0.717, 1.165) is 37.7 Å². The van der Waals surface area contributed by atoms with Crippen LogP contribution in [-0.2, 0) is 6.54 Å². The standard InChI is InChI=1S/C15H24N2O2/c1-5-17(6-2)13-10-16-9-11-7-14(18-3)15(19-4)8-12(11)13/h7-8,13,16H,5-6,9-10H2,1-4H3/t13-/m1/s1. The summed E-state index contributed by atoms with van der Waals surface area (Å²) in [6.45, 7) is 8.40. The first-order chi connectivity index (χ1) is 9.24. The predicted octanol–water partition coefficient (Wildman–Crippen LogP) is 2.19. The summed E-state index contributed by atoms with van der Waals surface area (Å²) in [6, 6.07) is 4.65. The van der Waals surface area contributed by atoms with Gasteiger partial charge in [-0.25, -0.2) is 0 Å². The second-order valence-corrected chi connectivity index (χ2v) is 4.77. The van der Waals surface area contributed by atoms with Crippen LogP contribution in [0.25, 0.3) is 0 Å². The first-order valence-electron chi connectivity index (χ1n) is 6.94. The van der Waals surface area contributed by atoms with Gasteiger partial charge in [-0.2, -0.15) is 0 Å². The summed E-state index contributed by atoms with van der Waals surface area (Å²) in [7, 11) is 3.38. The van der Waals surface area contributed by atoms with Crippen LogP contribution in [-0.4, -0.2) is 38.8 Å². The van der Waals surface area contributed by atoms with Gasteiger partial charge in [0.25, 0.3) is 0 Å². The molecule has 0 spiro atoms. The van der Waals surface area contributed by atoms with Crippen LogP contribution in [0.15, 0.2) is 12.1 Å². The third kappa shape index (κ3) is 2.69. The maximum atomic E-state index is 5.43. The Morgan fingerprint density at radius 1 is 1.16 bits per heavy atom. The molecule has 0 saturated heterocycles. The Labute approximate surface area is 115 Å². The molecule has 0 saturated carbocycles. The van der Waals surface area contributed by atoms with Gasteiger partial charge in [-0.1, -0.05) is 13.8 Å². The van der Waals surface area contributed by atoms with Gasteiger partial charge in [-0.3, -0.25) is 4.90 Å². The number of hydrogen-bond donors (Lipinski definition) is 1. The largest absolute Gasteiger partial charge is 0.493 e. The van der Waals surface area contributed by atoms with Crippen LogP contribution in [0.1, 0.15) is 31.0 Å². The van der Waals surface area contributed by atoms with E-state index >= 15 is 0 Å². The monoisotopic (exact) mass is 264 g/mol. The summed E-state index contributed by atoms with van der Waals surface area (Å²) in [4.78, 5) is 2.47. The van der Waals surface area contributed by atoms with E-state index in [4.69, 9.17) is 9.47 Å². The number of nitrogens with one attached hydrogen (secondary N) is 1. The van der Waals surface area contributed by atoms with Crippen molar-refractivity contribution in [2.75, 3.05) is 33.9 Å². The first-order valence-corrected chi connectivity index (χ1v) is 6.94. The van der Waals surface area contributed by atoms with Crippen molar-refractivity contribution in [3.8, 4) is 11.5 Å². The maximum absolute atomic E-state index is 5.43. The van der Waals surface area contributed by atoms with E-state index in [0.29, 0.717) is 6.04 Å². The summed E-state index contributed by atoms with van der Waals surface area (Å²) in [6.07, 6.45) is 0. The Kier molecular flexibility index (Phi) is 4.66. The number of rotatable bonds is 5. The minimum absolute atomic E-state index is 0.415. The quantitative estimate of drug-likeness (QED) is 0.884. The molecule has 1 aromatic rings. The van der Waals surface area contributed by atoms with Gasteiger partial charge in [0, 0.05) is 19.1 Å². The average Bonchev–Trinajstić information content (AvgIpc) is 2.47. The van der Waals surface area contributed by atoms with Crippen LogP contribution in [0.5, 0.6) is 11.5 Å². The highest BCUT2D eigenvalue weighted by atomic mass is 16.5. The molecule has 1 N–H and O–H groups in total. The number of likely N-dealkylation sites (N-methyl/N-ethyl adjacent to an activating group) is 1. The number of benzene rings is 1. The summed E-state index contributed by atoms with van der Waals surface area (Å²) < 4.78 is 10.8. The van der Waals surface area contributed by atoms with Crippen molar-refractivity contribution in [2.45, 2.75) is 26.4 Å². The van der Waals surface area contributed by atoms with Gasteiger partial charge in [-0.05, 0) is 36.3 Å². The van der Waals surface area contributed by atoms with E-state index in [-0.39, 0.29) is 0 Å². The van der Waals surface area contributed by atoms with Crippen molar-refractivity contribution in [2.24, 2.45) is 0 Å². The van der Waals surface area contributed by atoms with Gasteiger partial charge >= 0.3 is 0 Å². The zero-order valence-electron chi connectivity index (χ0n) is 12.3. The molecule has 0 aromatic heterocycles. The number of nitrogens with zero attached hydrogens (tertiary/aromatic N) is 1. The van der Waals surface area contributed by atoms with E-state index in [2.05, 4.69) is 36.2 Å². The fraction of sp³-hybridized carbons (Fsp3) is 0.600. The molecule has 0 amide bonds. The van der Waals surface area contributed by atoms with Crippen LogP contribution < -0.4 is 14.8 Å². The van der Waals surface area contributed by atoms with Crippen molar-refractivity contribution in [1.82, 2.24) is 10.2 Å². The molecule has 19 heavy (non-hydrogen) atoms. The molecule has 1 aliphatic rings. The summed E-state index contributed by atoms with van der Waals surface area (Å²) in [5.74, 6) is 1.63. The smallest absolute Gasteiger partial charge is 0.161 e. The molecule has 4 heteroatoms. The topological polar surface area (TPSA) is 33.7 Å². The molecule has 0 unspecified atom stereocenters. The second-order valence-electron chi connectivity index (χ2n) is 4.77. The van der Waals surface area contributed by atoms with Gasteiger partial charge in [-0.15, -0.1) is 0 Å². The Morgan fingerprint density at radius 3 is 2.37 bits per heavy atom. The van der Waals surface area contributed by atoms with E-state index in [1.54, 1.807) is 14.2 Å². The molecule has 1 aliphatic heterocycles. The van der Waals surface area contributed by atoms with Crippen LogP contribution in [0.4, 0.5) is 0 Å². The molecule has 106 valence electrons. The average molecular weight is 264 g/mol. The highest BCUT2D eigenvalue weighted by Crippen LogP contribution is 2.36. The second kappa shape index (κ2) is 6.26. The van der Waals surface area contributed by atoms with Crippen LogP contribution >= 0.6 is 0 Å². The minimum atomic E-state index is 0.415. The van der Waals surface area contributed by atoms with Crippen LogP contribution in [0.3, 0.4) is 0 Å². The van der Waals surface area contributed by atoms with Gasteiger partial charge in [0.1, 0.15) is 0 Å². The summed E-state index contributed by atoms with van der Waals surface area (Å²) >= 11 is 0.